The molecule has 32 heavy (non-hydrogen) atoms. The number of hydrogen-bond donors (Lipinski definition) is 3. The molecule has 0 fully saturated rings. The van der Waals surface area contributed by atoms with Crippen LogP contribution in [-0.2, 0) is 14.3 Å². The van der Waals surface area contributed by atoms with Crippen molar-refractivity contribution in [2.45, 2.75) is 19.9 Å². The molecule has 8 nitrogen and oxygen atoms in total. The number of benzene rings is 2. The number of methoxy groups -OCH3 is 1. The van der Waals surface area contributed by atoms with Crippen LogP contribution < -0.4 is 5.32 Å². The number of carbonyl (C=O) groups excluding carboxylic acids is 2. The lowest BCUT2D eigenvalue weighted by Crippen LogP contribution is -2.18. The van der Waals surface area contributed by atoms with Crippen LogP contribution in [0.4, 0.5) is 5.69 Å². The molecule has 3 rings (SSSR count). The van der Waals surface area contributed by atoms with Crippen LogP contribution in [-0.4, -0.2) is 40.3 Å². The second-order valence-electron chi connectivity index (χ2n) is 7.23. The Bertz CT molecular complexity index is 1240. The van der Waals surface area contributed by atoms with Gasteiger partial charge in [-0.15, -0.1) is 0 Å². The Morgan fingerprint density at radius 2 is 1.78 bits per heavy atom. The Balaban J connectivity index is 1.99. The van der Waals surface area contributed by atoms with E-state index in [1.807, 2.05) is 24.3 Å². The van der Waals surface area contributed by atoms with E-state index in [-0.39, 0.29) is 16.8 Å². The summed E-state index contributed by atoms with van der Waals surface area (Å²) in [6, 6.07) is 12.6. The van der Waals surface area contributed by atoms with Gasteiger partial charge < -0.3 is 25.1 Å². The summed E-state index contributed by atoms with van der Waals surface area (Å²) in [5.74, 6) is -1.96. The first-order valence-corrected chi connectivity index (χ1v) is 9.82. The first-order chi connectivity index (χ1) is 15.2. The Morgan fingerprint density at radius 1 is 1.12 bits per heavy atom. The number of fused-ring (bicyclic) bond motifs is 1. The molecule has 0 aliphatic carbocycles. The summed E-state index contributed by atoms with van der Waals surface area (Å²) >= 11 is 0. The smallest absolute Gasteiger partial charge is 0.335 e. The lowest BCUT2D eigenvalue weighted by Gasteiger charge is -2.12. The Labute approximate surface area is 184 Å². The van der Waals surface area contributed by atoms with Gasteiger partial charge in [-0.05, 0) is 50.3 Å². The number of ether oxygens (including phenoxy) is 1. The predicted octanol–water partition coefficient (Wildman–Crippen LogP) is 4.14. The third-order valence-corrected chi connectivity index (χ3v) is 5.07. The van der Waals surface area contributed by atoms with E-state index in [1.165, 1.54) is 38.3 Å². The summed E-state index contributed by atoms with van der Waals surface area (Å²) in [7, 11) is 1.33. The van der Waals surface area contributed by atoms with Crippen molar-refractivity contribution >= 4 is 46.2 Å². The molecule has 1 atom stereocenters. The van der Waals surface area contributed by atoms with Crippen molar-refractivity contribution < 1.29 is 24.2 Å². The minimum absolute atomic E-state index is 0.0579. The van der Waals surface area contributed by atoms with E-state index in [4.69, 9.17) is 15.3 Å². The quantitative estimate of drug-likeness (QED) is 0.294. The number of rotatable bonds is 7. The molecule has 1 heterocycles. The number of carbonyl (C=O) groups is 3. The van der Waals surface area contributed by atoms with E-state index >= 15 is 0 Å². The van der Waals surface area contributed by atoms with Gasteiger partial charge in [-0.3, -0.25) is 4.79 Å². The molecule has 3 N–H and O–H groups in total. The van der Waals surface area contributed by atoms with Crippen molar-refractivity contribution in [1.29, 1.82) is 5.41 Å². The number of carboxylic acids is 1. The molecule has 0 saturated heterocycles. The summed E-state index contributed by atoms with van der Waals surface area (Å²) in [6.07, 6.45) is 3.36. The summed E-state index contributed by atoms with van der Waals surface area (Å²) in [4.78, 5) is 36.0. The maximum atomic E-state index is 12.9. The van der Waals surface area contributed by atoms with Crippen molar-refractivity contribution in [3.63, 3.8) is 0 Å². The lowest BCUT2D eigenvalue weighted by atomic mass is 10.1. The van der Waals surface area contributed by atoms with Crippen LogP contribution in [0.5, 0.6) is 0 Å². The highest BCUT2D eigenvalue weighted by molar-refractivity contribution is 6.27. The van der Waals surface area contributed by atoms with Gasteiger partial charge in [-0.1, -0.05) is 18.2 Å². The summed E-state index contributed by atoms with van der Waals surface area (Å²) in [5.41, 5.74) is 2.18. The van der Waals surface area contributed by atoms with Gasteiger partial charge in [0.25, 0.3) is 5.91 Å². The zero-order valence-corrected chi connectivity index (χ0v) is 17.9. The fourth-order valence-electron chi connectivity index (χ4n) is 3.35. The average molecular weight is 433 g/mol. The molecule has 1 aromatic heterocycles. The number of amides is 1. The molecule has 0 aliphatic rings. The van der Waals surface area contributed by atoms with Crippen molar-refractivity contribution in [3.05, 3.63) is 71.4 Å². The minimum atomic E-state index is -1.06. The molecule has 164 valence electrons. The summed E-state index contributed by atoms with van der Waals surface area (Å²) in [5, 5.41) is 20.6. The highest BCUT2D eigenvalue weighted by Crippen LogP contribution is 2.27. The summed E-state index contributed by atoms with van der Waals surface area (Å²) in [6.45, 7) is 3.23. The number of nitrogens with zero attached hydrogens (tertiary/aromatic N) is 1. The van der Waals surface area contributed by atoms with E-state index in [2.05, 4.69) is 5.32 Å². The van der Waals surface area contributed by atoms with Crippen LogP contribution in [0.3, 0.4) is 0 Å². The van der Waals surface area contributed by atoms with Crippen molar-refractivity contribution in [3.8, 4) is 0 Å². The normalized spacial score (nSPS) is 12.3. The van der Waals surface area contributed by atoms with Gasteiger partial charge in [0.1, 0.15) is 6.04 Å². The molecular formula is C24H23N3O5. The number of aromatic nitrogens is 1. The summed E-state index contributed by atoms with van der Waals surface area (Å²) < 4.78 is 6.63. The molecule has 3 aromatic rings. The Kier molecular flexibility index (Phi) is 6.53. The van der Waals surface area contributed by atoms with E-state index in [0.29, 0.717) is 11.3 Å². The maximum Gasteiger partial charge on any atom is 0.335 e. The Morgan fingerprint density at radius 3 is 2.38 bits per heavy atom. The fraction of sp³-hybridized carbons (Fsp3) is 0.167. The monoisotopic (exact) mass is 433 g/mol. The standard InChI is InChI=1S/C24H23N3O5/c1-14(25)20(22(28)26-18-10-8-16(9-11-18)23(29)30)12-17-13-27(15(2)24(31)32-3)21-7-5-4-6-19(17)21/h4-13,15,25H,1-3H3,(H,26,28)(H,29,30)/b20-12-,25-14?. The first kappa shape index (κ1) is 22.5. The number of carboxylic acid groups (broad SMARTS) is 1. The number of nitrogens with one attached hydrogen (secondary N) is 2. The molecule has 0 saturated carbocycles. The Hall–Kier alpha value is -4.20. The second kappa shape index (κ2) is 9.30. The third kappa shape index (κ3) is 4.59. The van der Waals surface area contributed by atoms with E-state index in [0.717, 1.165) is 10.9 Å². The largest absolute Gasteiger partial charge is 0.478 e. The molecule has 0 bridgehead atoms. The zero-order valence-electron chi connectivity index (χ0n) is 17.9. The van der Waals surface area contributed by atoms with Gasteiger partial charge in [-0.2, -0.15) is 0 Å². The molecule has 0 aliphatic heterocycles. The van der Waals surface area contributed by atoms with Gasteiger partial charge in [0, 0.05) is 34.1 Å². The van der Waals surface area contributed by atoms with Crippen molar-refractivity contribution in [1.82, 2.24) is 4.57 Å². The van der Waals surface area contributed by atoms with Crippen molar-refractivity contribution in [2.24, 2.45) is 0 Å². The number of aromatic carboxylic acids is 1. The third-order valence-electron chi connectivity index (χ3n) is 5.07. The number of anilines is 1. The lowest BCUT2D eigenvalue weighted by molar-refractivity contribution is -0.143. The van der Waals surface area contributed by atoms with Crippen LogP contribution >= 0.6 is 0 Å². The highest BCUT2D eigenvalue weighted by Gasteiger charge is 2.20. The van der Waals surface area contributed by atoms with Crippen LogP contribution in [0.1, 0.15) is 35.8 Å². The molecular weight excluding hydrogens is 410 g/mol. The van der Waals surface area contributed by atoms with Crippen LogP contribution in [0.25, 0.3) is 17.0 Å². The van der Waals surface area contributed by atoms with Crippen molar-refractivity contribution in [2.75, 3.05) is 12.4 Å². The number of esters is 1. The SMILES string of the molecule is COC(=O)C(C)n1cc(/C=C(/C(C)=N)C(=O)Nc2ccc(C(=O)O)cc2)c2ccccc21. The van der Waals surface area contributed by atoms with E-state index < -0.39 is 23.9 Å². The van der Waals surface area contributed by atoms with Gasteiger partial charge >= 0.3 is 11.9 Å². The molecule has 0 spiro atoms. The number of hydrogen-bond acceptors (Lipinski definition) is 5. The molecule has 2 aromatic carbocycles. The van der Waals surface area contributed by atoms with E-state index in [9.17, 15) is 14.4 Å². The topological polar surface area (TPSA) is 121 Å². The van der Waals surface area contributed by atoms with Gasteiger partial charge in [-0.25, -0.2) is 9.59 Å². The van der Waals surface area contributed by atoms with Gasteiger partial charge in [0.2, 0.25) is 0 Å². The minimum Gasteiger partial charge on any atom is -0.478 e. The van der Waals surface area contributed by atoms with Crippen LogP contribution in [0.2, 0.25) is 0 Å². The predicted molar refractivity (Wildman–Crippen MR) is 122 cm³/mol. The number of para-hydroxylation sites is 1. The maximum absolute atomic E-state index is 12.9. The van der Waals surface area contributed by atoms with E-state index in [1.54, 1.807) is 23.8 Å². The average Bonchev–Trinajstić information content (AvgIpc) is 3.15. The molecule has 8 heteroatoms. The van der Waals surface area contributed by atoms with Gasteiger partial charge in [0.15, 0.2) is 0 Å². The van der Waals surface area contributed by atoms with Crippen LogP contribution in [0, 0.1) is 5.41 Å². The highest BCUT2D eigenvalue weighted by atomic mass is 16.5. The first-order valence-electron chi connectivity index (χ1n) is 9.82. The fourth-order valence-corrected chi connectivity index (χ4v) is 3.35. The molecule has 0 radical (unpaired) electrons. The zero-order chi connectivity index (χ0) is 23.4. The van der Waals surface area contributed by atoms with Gasteiger partial charge in [0.05, 0.1) is 18.2 Å². The molecule has 1 unspecified atom stereocenters. The van der Waals surface area contributed by atoms with Crippen LogP contribution in [0.15, 0.2) is 60.3 Å². The second-order valence-corrected chi connectivity index (χ2v) is 7.23. The molecule has 1 amide bonds.